The molecule has 0 radical (unpaired) electrons. The summed E-state index contributed by atoms with van der Waals surface area (Å²) < 4.78 is 13.3. The monoisotopic (exact) mass is 359 g/mol. The van der Waals surface area contributed by atoms with E-state index in [1.54, 1.807) is 30.9 Å². The number of alkyl halides is 1. The van der Waals surface area contributed by atoms with Gasteiger partial charge in [-0.15, -0.1) is 0 Å². The summed E-state index contributed by atoms with van der Waals surface area (Å²) in [6.45, 7) is 0.284. The minimum atomic E-state index is -1.01. The number of halogens is 1. The van der Waals surface area contributed by atoms with Crippen LogP contribution in [0.5, 0.6) is 0 Å². The fourth-order valence-corrected chi connectivity index (χ4v) is 2.95. The number of pyridine rings is 2. The van der Waals surface area contributed by atoms with E-state index < -0.39 is 24.4 Å². The average Bonchev–Trinajstić information content (AvgIpc) is 2.64. The van der Waals surface area contributed by atoms with Crippen molar-refractivity contribution in [3.8, 4) is 11.1 Å². The highest BCUT2D eigenvalue weighted by Gasteiger charge is 2.35. The second-order valence-corrected chi connectivity index (χ2v) is 6.14. The van der Waals surface area contributed by atoms with Gasteiger partial charge in [-0.2, -0.15) is 0 Å². The standard InChI is InChI=1S/C17H22FN7O/c18-11-7-23-16(24-8-11)14(15(19)20)17(26)25-13-9-22-6-3-12(13)10-1-4-21-5-2-10/h1-6,9,11,14-16,23-24H,7-8,19-20H2,(H,25,26). The first-order chi connectivity index (χ1) is 12.6. The van der Waals surface area contributed by atoms with Crippen LogP contribution in [0.2, 0.25) is 0 Å². The van der Waals surface area contributed by atoms with E-state index in [0.29, 0.717) is 5.69 Å². The van der Waals surface area contributed by atoms with Crippen LogP contribution >= 0.6 is 0 Å². The van der Waals surface area contributed by atoms with Gasteiger partial charge in [-0.1, -0.05) is 0 Å². The molecule has 0 aromatic carbocycles. The Kier molecular flexibility index (Phi) is 5.84. The molecule has 3 heterocycles. The molecular weight excluding hydrogens is 337 g/mol. The second kappa shape index (κ2) is 8.28. The van der Waals surface area contributed by atoms with Crippen molar-refractivity contribution >= 4 is 11.6 Å². The van der Waals surface area contributed by atoms with E-state index in [1.807, 2.05) is 12.1 Å². The maximum absolute atomic E-state index is 13.3. The highest BCUT2D eigenvalue weighted by molar-refractivity contribution is 5.97. The molecule has 26 heavy (non-hydrogen) atoms. The number of hydrogen-bond donors (Lipinski definition) is 5. The molecule has 1 fully saturated rings. The van der Waals surface area contributed by atoms with Crippen LogP contribution in [0.1, 0.15) is 0 Å². The van der Waals surface area contributed by atoms with Gasteiger partial charge in [0, 0.05) is 37.2 Å². The maximum atomic E-state index is 13.3. The van der Waals surface area contributed by atoms with E-state index in [4.69, 9.17) is 11.5 Å². The van der Waals surface area contributed by atoms with Gasteiger partial charge in [-0.25, -0.2) is 4.39 Å². The lowest BCUT2D eigenvalue weighted by Crippen LogP contribution is -2.64. The van der Waals surface area contributed by atoms with Crippen LogP contribution in [0, 0.1) is 5.92 Å². The Bertz CT molecular complexity index is 735. The van der Waals surface area contributed by atoms with Crippen molar-refractivity contribution in [3.05, 3.63) is 43.0 Å². The number of anilines is 1. The number of hydrogen-bond acceptors (Lipinski definition) is 7. The molecular formula is C17H22FN7O. The predicted octanol–water partition coefficient (Wildman–Crippen LogP) is -0.201. The smallest absolute Gasteiger partial charge is 0.233 e. The summed E-state index contributed by atoms with van der Waals surface area (Å²) in [6, 6.07) is 5.47. The van der Waals surface area contributed by atoms with Crippen molar-refractivity contribution in [1.82, 2.24) is 20.6 Å². The highest BCUT2D eigenvalue weighted by Crippen LogP contribution is 2.27. The third-order valence-corrected chi connectivity index (χ3v) is 4.27. The number of nitrogens with zero attached hydrogens (tertiary/aromatic N) is 2. The molecule has 0 saturated carbocycles. The Labute approximate surface area is 150 Å². The average molecular weight is 359 g/mol. The predicted molar refractivity (Wildman–Crippen MR) is 96.4 cm³/mol. The van der Waals surface area contributed by atoms with Crippen molar-refractivity contribution in [3.63, 3.8) is 0 Å². The Morgan fingerprint density at radius 2 is 1.81 bits per heavy atom. The molecule has 1 unspecified atom stereocenters. The van der Waals surface area contributed by atoms with E-state index in [9.17, 15) is 9.18 Å². The number of nitrogens with one attached hydrogen (secondary N) is 3. The van der Waals surface area contributed by atoms with Crippen LogP contribution in [-0.2, 0) is 4.79 Å². The van der Waals surface area contributed by atoms with Crippen LogP contribution in [0.4, 0.5) is 10.1 Å². The van der Waals surface area contributed by atoms with Crippen molar-refractivity contribution in [2.24, 2.45) is 17.4 Å². The zero-order chi connectivity index (χ0) is 18.5. The third kappa shape index (κ3) is 4.20. The van der Waals surface area contributed by atoms with E-state index >= 15 is 0 Å². The molecule has 1 saturated heterocycles. The molecule has 1 atom stereocenters. The van der Waals surface area contributed by atoms with Gasteiger partial charge in [0.2, 0.25) is 5.91 Å². The van der Waals surface area contributed by atoms with E-state index in [1.165, 1.54) is 0 Å². The lowest BCUT2D eigenvalue weighted by atomic mass is 9.99. The minimum absolute atomic E-state index is 0.142. The van der Waals surface area contributed by atoms with Crippen LogP contribution in [0.15, 0.2) is 43.0 Å². The molecule has 1 amide bonds. The Hall–Kier alpha value is -2.46. The molecule has 2 aromatic heterocycles. The molecule has 1 aliphatic rings. The van der Waals surface area contributed by atoms with Gasteiger partial charge in [-0.05, 0) is 23.8 Å². The number of nitrogens with two attached hydrogens (primary N) is 2. The minimum Gasteiger partial charge on any atom is -0.324 e. The first kappa shape index (κ1) is 18.3. The van der Waals surface area contributed by atoms with Crippen LogP contribution in [0.3, 0.4) is 0 Å². The summed E-state index contributed by atoms with van der Waals surface area (Å²) in [6.07, 6.45) is 4.10. The Morgan fingerprint density at radius 1 is 1.15 bits per heavy atom. The number of amides is 1. The topological polar surface area (TPSA) is 131 Å². The number of rotatable bonds is 5. The van der Waals surface area contributed by atoms with Gasteiger partial charge in [0.05, 0.1) is 30.1 Å². The number of carbonyl (C=O) groups is 1. The third-order valence-electron chi connectivity index (χ3n) is 4.27. The molecule has 2 aromatic rings. The van der Waals surface area contributed by atoms with Crippen molar-refractivity contribution in [2.45, 2.75) is 18.5 Å². The first-order valence-electron chi connectivity index (χ1n) is 8.33. The molecule has 8 nitrogen and oxygen atoms in total. The molecule has 7 N–H and O–H groups in total. The summed E-state index contributed by atoms with van der Waals surface area (Å²) in [5, 5.41) is 8.71. The summed E-state index contributed by atoms with van der Waals surface area (Å²) in [7, 11) is 0. The molecule has 0 aliphatic carbocycles. The maximum Gasteiger partial charge on any atom is 0.233 e. The van der Waals surface area contributed by atoms with Crippen molar-refractivity contribution < 1.29 is 9.18 Å². The zero-order valence-electron chi connectivity index (χ0n) is 14.1. The zero-order valence-corrected chi connectivity index (χ0v) is 14.1. The van der Waals surface area contributed by atoms with E-state index in [2.05, 4.69) is 25.9 Å². The molecule has 9 heteroatoms. The lowest BCUT2D eigenvalue weighted by Gasteiger charge is -2.34. The van der Waals surface area contributed by atoms with Crippen LogP contribution in [-0.4, -0.2) is 47.5 Å². The normalized spacial score (nSPS) is 21.4. The number of aromatic nitrogens is 2. The quantitative estimate of drug-likeness (QED) is 0.467. The summed E-state index contributed by atoms with van der Waals surface area (Å²) in [5.41, 5.74) is 13.9. The molecule has 0 bridgehead atoms. The largest absolute Gasteiger partial charge is 0.324 e. The van der Waals surface area contributed by atoms with Gasteiger partial charge in [-0.3, -0.25) is 25.4 Å². The molecule has 0 spiro atoms. The van der Waals surface area contributed by atoms with Gasteiger partial charge >= 0.3 is 0 Å². The summed E-state index contributed by atoms with van der Waals surface area (Å²) in [5.74, 6) is -1.15. The SMILES string of the molecule is NC(N)C(C(=O)Nc1cnccc1-c1ccncc1)C1NCC(F)CN1. The second-order valence-electron chi connectivity index (χ2n) is 6.14. The van der Waals surface area contributed by atoms with Gasteiger partial charge in [0.25, 0.3) is 0 Å². The van der Waals surface area contributed by atoms with Crippen LogP contribution in [0.25, 0.3) is 11.1 Å². The molecule has 1 aliphatic heterocycles. The summed E-state index contributed by atoms with van der Waals surface area (Å²) in [4.78, 5) is 20.9. The summed E-state index contributed by atoms with van der Waals surface area (Å²) >= 11 is 0. The highest BCUT2D eigenvalue weighted by atomic mass is 19.1. The molecule has 3 rings (SSSR count). The Morgan fingerprint density at radius 3 is 2.46 bits per heavy atom. The fourth-order valence-electron chi connectivity index (χ4n) is 2.95. The molecule has 138 valence electrons. The Balaban J connectivity index is 1.80. The van der Waals surface area contributed by atoms with Crippen LogP contribution < -0.4 is 27.4 Å². The first-order valence-corrected chi connectivity index (χ1v) is 8.33. The van der Waals surface area contributed by atoms with Crippen molar-refractivity contribution in [2.75, 3.05) is 18.4 Å². The lowest BCUT2D eigenvalue weighted by molar-refractivity contribution is -0.122. The van der Waals surface area contributed by atoms with Crippen molar-refractivity contribution in [1.29, 1.82) is 0 Å². The number of carbonyl (C=O) groups excluding carboxylic acids is 1. The fraction of sp³-hybridized carbons (Fsp3) is 0.353. The van der Waals surface area contributed by atoms with E-state index in [0.717, 1.165) is 11.1 Å². The van der Waals surface area contributed by atoms with Gasteiger partial charge in [0.1, 0.15) is 6.17 Å². The van der Waals surface area contributed by atoms with E-state index in [-0.39, 0.29) is 19.0 Å². The van der Waals surface area contributed by atoms with Gasteiger partial charge in [0.15, 0.2) is 0 Å². The van der Waals surface area contributed by atoms with Gasteiger partial charge < -0.3 is 16.8 Å².